The Labute approximate surface area is 136 Å². The van der Waals surface area contributed by atoms with Crippen LogP contribution in [-0.2, 0) is 24.4 Å². The van der Waals surface area contributed by atoms with E-state index in [0.717, 1.165) is 36.6 Å². The number of hydrogen-bond acceptors (Lipinski definition) is 4. The van der Waals surface area contributed by atoms with E-state index in [0.29, 0.717) is 6.54 Å². The zero-order valence-corrected chi connectivity index (χ0v) is 14.2. The van der Waals surface area contributed by atoms with Crippen molar-refractivity contribution in [1.82, 2.24) is 29.8 Å². The molecular weight excluding hydrogens is 292 g/mol. The lowest BCUT2D eigenvalue weighted by molar-refractivity contribution is -0.133. The fourth-order valence-corrected chi connectivity index (χ4v) is 3.17. The highest BCUT2D eigenvalue weighted by Crippen LogP contribution is 2.17. The van der Waals surface area contributed by atoms with Gasteiger partial charge < -0.3 is 10.2 Å². The maximum absolute atomic E-state index is 12.7. The van der Waals surface area contributed by atoms with Gasteiger partial charge in [-0.25, -0.2) is 0 Å². The summed E-state index contributed by atoms with van der Waals surface area (Å²) in [4.78, 5) is 14.5. The number of nitrogens with zero attached hydrogens (tertiary/aromatic N) is 5. The van der Waals surface area contributed by atoms with E-state index in [9.17, 15) is 4.79 Å². The van der Waals surface area contributed by atoms with E-state index in [1.54, 1.807) is 9.58 Å². The van der Waals surface area contributed by atoms with Crippen LogP contribution in [0.25, 0.3) is 0 Å². The molecule has 7 heteroatoms. The van der Waals surface area contributed by atoms with Crippen molar-refractivity contribution in [2.24, 2.45) is 0 Å². The van der Waals surface area contributed by atoms with Gasteiger partial charge in [0.15, 0.2) is 0 Å². The second-order valence-corrected chi connectivity index (χ2v) is 6.26. The molecule has 2 aromatic rings. The van der Waals surface area contributed by atoms with Crippen molar-refractivity contribution >= 4 is 5.91 Å². The molecule has 0 saturated carbocycles. The van der Waals surface area contributed by atoms with Crippen LogP contribution in [0.3, 0.4) is 0 Å². The zero-order valence-electron chi connectivity index (χ0n) is 14.2. The van der Waals surface area contributed by atoms with Crippen molar-refractivity contribution in [2.45, 2.75) is 46.4 Å². The number of carbonyl (C=O) groups excluding carboxylic acids is 1. The van der Waals surface area contributed by atoms with Crippen molar-refractivity contribution in [3.63, 3.8) is 0 Å². The van der Waals surface area contributed by atoms with E-state index >= 15 is 0 Å². The van der Waals surface area contributed by atoms with Crippen LogP contribution in [0.2, 0.25) is 0 Å². The zero-order chi connectivity index (χ0) is 16.6. The summed E-state index contributed by atoms with van der Waals surface area (Å²) in [6.45, 7) is 9.02. The summed E-state index contributed by atoms with van der Waals surface area (Å²) in [5, 5.41) is 12.2. The van der Waals surface area contributed by atoms with E-state index in [1.165, 1.54) is 5.69 Å². The first-order chi connectivity index (χ1) is 11.0. The van der Waals surface area contributed by atoms with E-state index in [-0.39, 0.29) is 11.9 Å². The number of rotatable bonds is 4. The normalized spacial score (nSPS) is 15.3. The van der Waals surface area contributed by atoms with E-state index < -0.39 is 0 Å². The maximum Gasteiger partial charge on any atom is 0.247 e. The average Bonchev–Trinajstić information content (AvgIpc) is 3.09. The molecule has 1 atom stereocenters. The van der Waals surface area contributed by atoms with Gasteiger partial charge >= 0.3 is 0 Å². The Morgan fingerprint density at radius 3 is 2.96 bits per heavy atom. The Balaban J connectivity index is 1.72. The van der Waals surface area contributed by atoms with Gasteiger partial charge in [0.25, 0.3) is 0 Å². The van der Waals surface area contributed by atoms with Crippen molar-refractivity contribution in [3.8, 4) is 0 Å². The minimum absolute atomic E-state index is 0.0555. The molecule has 0 bridgehead atoms. The van der Waals surface area contributed by atoms with Crippen molar-refractivity contribution < 1.29 is 4.79 Å². The molecule has 1 aliphatic rings. The first kappa shape index (κ1) is 15.7. The highest BCUT2D eigenvalue weighted by atomic mass is 16.2. The predicted octanol–water partition coefficient (Wildman–Crippen LogP) is 1.02. The summed E-state index contributed by atoms with van der Waals surface area (Å²) in [5.41, 5.74) is 4.22. The molecule has 3 heterocycles. The molecule has 0 radical (unpaired) electrons. The first-order valence-electron chi connectivity index (χ1n) is 7.99. The molecule has 1 unspecified atom stereocenters. The number of carbonyl (C=O) groups is 1. The van der Waals surface area contributed by atoms with Gasteiger partial charge in [0.1, 0.15) is 6.04 Å². The van der Waals surface area contributed by atoms with E-state index in [2.05, 4.69) is 15.5 Å². The monoisotopic (exact) mass is 316 g/mol. The lowest BCUT2D eigenvalue weighted by Crippen LogP contribution is -2.34. The Hall–Kier alpha value is -2.15. The average molecular weight is 316 g/mol. The lowest BCUT2D eigenvalue weighted by Gasteiger charge is -2.23. The molecule has 1 aliphatic heterocycles. The van der Waals surface area contributed by atoms with Gasteiger partial charge in [-0.1, -0.05) is 0 Å². The van der Waals surface area contributed by atoms with Gasteiger partial charge in [0.05, 0.1) is 24.1 Å². The highest BCUT2D eigenvalue weighted by Gasteiger charge is 2.23. The van der Waals surface area contributed by atoms with Crippen LogP contribution in [0.1, 0.15) is 35.6 Å². The summed E-state index contributed by atoms with van der Waals surface area (Å²) in [6.07, 6.45) is 1.88. The SMILES string of the molecule is Cc1cc(C)n(C(C)C(=O)N(C)Cc2cnn3c2CNCC3)n1. The first-order valence-corrected chi connectivity index (χ1v) is 7.99. The molecule has 124 valence electrons. The maximum atomic E-state index is 12.7. The molecule has 0 saturated heterocycles. The Morgan fingerprint density at radius 2 is 2.26 bits per heavy atom. The molecule has 1 amide bonds. The third kappa shape index (κ3) is 3.01. The third-order valence-corrected chi connectivity index (χ3v) is 4.38. The number of amides is 1. The number of fused-ring (bicyclic) bond motifs is 1. The van der Waals surface area contributed by atoms with Crippen LogP contribution in [0, 0.1) is 13.8 Å². The Bertz CT molecular complexity index is 716. The molecule has 0 fully saturated rings. The van der Waals surface area contributed by atoms with Crippen LogP contribution in [0.4, 0.5) is 0 Å². The third-order valence-electron chi connectivity index (χ3n) is 4.38. The molecule has 3 rings (SSSR count). The standard InChI is InChI=1S/C16H24N6O/c1-11-7-12(2)22(19-11)13(3)16(23)20(4)10-14-8-18-21-6-5-17-9-15(14)21/h7-8,13,17H,5-6,9-10H2,1-4H3. The number of aryl methyl sites for hydroxylation is 2. The molecule has 0 aromatic carbocycles. The summed E-state index contributed by atoms with van der Waals surface area (Å²) in [6, 6.07) is 1.68. The number of likely N-dealkylation sites (N-methyl/N-ethyl adjacent to an activating group) is 1. The fraction of sp³-hybridized carbons (Fsp3) is 0.562. The predicted molar refractivity (Wildman–Crippen MR) is 86.8 cm³/mol. The minimum atomic E-state index is -0.307. The van der Waals surface area contributed by atoms with Crippen LogP contribution >= 0.6 is 0 Å². The minimum Gasteiger partial charge on any atom is -0.339 e. The van der Waals surface area contributed by atoms with Crippen LogP contribution in [0.15, 0.2) is 12.3 Å². The van der Waals surface area contributed by atoms with Crippen LogP contribution in [-0.4, -0.2) is 44.0 Å². The van der Waals surface area contributed by atoms with Crippen molar-refractivity contribution in [3.05, 3.63) is 34.9 Å². The van der Waals surface area contributed by atoms with Crippen molar-refractivity contribution in [2.75, 3.05) is 13.6 Å². The van der Waals surface area contributed by atoms with Gasteiger partial charge in [-0.05, 0) is 26.8 Å². The number of hydrogen-bond donors (Lipinski definition) is 1. The Morgan fingerprint density at radius 1 is 1.48 bits per heavy atom. The highest BCUT2D eigenvalue weighted by molar-refractivity contribution is 5.79. The molecular formula is C16H24N6O. The summed E-state index contributed by atoms with van der Waals surface area (Å²) in [7, 11) is 1.84. The van der Waals surface area contributed by atoms with Crippen LogP contribution in [0.5, 0.6) is 0 Å². The topological polar surface area (TPSA) is 68.0 Å². The second kappa shape index (κ2) is 6.16. The fourth-order valence-electron chi connectivity index (χ4n) is 3.17. The second-order valence-electron chi connectivity index (χ2n) is 6.26. The molecule has 0 aliphatic carbocycles. The lowest BCUT2D eigenvalue weighted by atomic mass is 10.2. The Kier molecular flexibility index (Phi) is 4.21. The van der Waals surface area contributed by atoms with E-state index in [4.69, 9.17) is 0 Å². The quantitative estimate of drug-likeness (QED) is 0.914. The van der Waals surface area contributed by atoms with Gasteiger partial charge in [-0.15, -0.1) is 0 Å². The smallest absolute Gasteiger partial charge is 0.247 e. The van der Waals surface area contributed by atoms with Gasteiger partial charge in [0.2, 0.25) is 5.91 Å². The van der Waals surface area contributed by atoms with Crippen molar-refractivity contribution in [1.29, 1.82) is 0 Å². The summed E-state index contributed by atoms with van der Waals surface area (Å²) >= 11 is 0. The van der Waals surface area contributed by atoms with E-state index in [1.807, 2.05) is 44.8 Å². The molecule has 2 aromatic heterocycles. The van der Waals surface area contributed by atoms with Gasteiger partial charge in [0, 0.05) is 37.9 Å². The summed E-state index contributed by atoms with van der Waals surface area (Å²) in [5.74, 6) is 0.0555. The molecule has 1 N–H and O–H groups in total. The summed E-state index contributed by atoms with van der Waals surface area (Å²) < 4.78 is 3.82. The molecule has 0 spiro atoms. The number of aromatic nitrogens is 4. The van der Waals surface area contributed by atoms with Gasteiger partial charge in [-0.3, -0.25) is 14.2 Å². The molecule has 23 heavy (non-hydrogen) atoms. The largest absolute Gasteiger partial charge is 0.339 e. The molecule has 7 nitrogen and oxygen atoms in total. The van der Waals surface area contributed by atoms with Gasteiger partial charge in [-0.2, -0.15) is 10.2 Å². The number of nitrogens with one attached hydrogen (secondary N) is 1. The van der Waals surface area contributed by atoms with Crippen LogP contribution < -0.4 is 5.32 Å².